The van der Waals surface area contributed by atoms with Crippen molar-refractivity contribution in [1.82, 2.24) is 0 Å². The lowest BCUT2D eigenvalue weighted by Crippen LogP contribution is -2.27. The lowest BCUT2D eigenvalue weighted by atomic mass is 9.99. The van der Waals surface area contributed by atoms with E-state index in [2.05, 4.69) is 0 Å². The van der Waals surface area contributed by atoms with E-state index in [4.69, 9.17) is 10.5 Å². The average Bonchev–Trinajstić information content (AvgIpc) is 2.29. The zero-order chi connectivity index (χ0) is 12.3. The molecule has 4 nitrogen and oxygen atoms in total. The van der Waals surface area contributed by atoms with Crippen LogP contribution in [0.2, 0.25) is 0 Å². The van der Waals surface area contributed by atoms with E-state index in [9.17, 15) is 8.42 Å². The van der Waals surface area contributed by atoms with Gasteiger partial charge >= 0.3 is 0 Å². The van der Waals surface area contributed by atoms with Gasteiger partial charge in [-0.25, -0.2) is 8.42 Å². The number of sulfone groups is 1. The van der Waals surface area contributed by atoms with Gasteiger partial charge < -0.3 is 10.5 Å². The van der Waals surface area contributed by atoms with E-state index in [0.29, 0.717) is 6.61 Å². The molecule has 1 aliphatic heterocycles. The maximum Gasteiger partial charge on any atom is 0.154 e. The minimum absolute atomic E-state index is 0.0228. The molecule has 0 aliphatic carbocycles. The summed E-state index contributed by atoms with van der Waals surface area (Å²) >= 11 is 0. The normalized spacial score (nSPS) is 19.9. The first-order valence-corrected chi connectivity index (χ1v) is 7.54. The van der Waals surface area contributed by atoms with Crippen molar-refractivity contribution in [2.45, 2.75) is 12.5 Å². The molecule has 2 rings (SSSR count). The third-order valence-corrected chi connectivity index (χ3v) is 4.59. The summed E-state index contributed by atoms with van der Waals surface area (Å²) in [7, 11) is -3.12. The standard InChI is InChI=1S/C12H17NO3S/c13-6-8-17(14,15)9-12-11-4-2-1-3-10(11)5-7-16-12/h1-4,12H,5-9,13H2. The number of hydrogen-bond acceptors (Lipinski definition) is 4. The predicted molar refractivity (Wildman–Crippen MR) is 66.5 cm³/mol. The molecule has 0 saturated carbocycles. The van der Waals surface area contributed by atoms with Crippen LogP contribution in [0, 0.1) is 0 Å². The summed E-state index contributed by atoms with van der Waals surface area (Å²) in [6.07, 6.45) is 0.514. The van der Waals surface area contributed by atoms with Crippen LogP contribution in [-0.4, -0.2) is 33.1 Å². The second kappa shape index (κ2) is 5.16. The molecular formula is C12H17NO3S. The van der Waals surface area contributed by atoms with Gasteiger partial charge in [-0.05, 0) is 17.5 Å². The van der Waals surface area contributed by atoms with Gasteiger partial charge in [-0.1, -0.05) is 24.3 Å². The fourth-order valence-electron chi connectivity index (χ4n) is 2.11. The second-order valence-electron chi connectivity index (χ2n) is 4.21. The average molecular weight is 255 g/mol. The van der Waals surface area contributed by atoms with Gasteiger partial charge in [-0.2, -0.15) is 0 Å². The zero-order valence-electron chi connectivity index (χ0n) is 9.63. The molecule has 0 saturated heterocycles. The molecule has 0 aromatic heterocycles. The van der Waals surface area contributed by atoms with Crippen LogP contribution in [0.1, 0.15) is 17.2 Å². The monoisotopic (exact) mass is 255 g/mol. The Labute approximate surface area is 102 Å². The van der Waals surface area contributed by atoms with E-state index in [0.717, 1.165) is 12.0 Å². The highest BCUT2D eigenvalue weighted by Gasteiger charge is 2.25. The second-order valence-corrected chi connectivity index (χ2v) is 6.44. The largest absolute Gasteiger partial charge is 0.372 e. The molecule has 1 atom stereocenters. The summed E-state index contributed by atoms with van der Waals surface area (Å²) in [6.45, 7) is 0.747. The summed E-state index contributed by atoms with van der Waals surface area (Å²) in [4.78, 5) is 0. The fourth-order valence-corrected chi connectivity index (χ4v) is 3.37. The first-order chi connectivity index (χ1) is 8.12. The maximum atomic E-state index is 11.7. The van der Waals surface area contributed by atoms with E-state index in [-0.39, 0.29) is 24.2 Å². The van der Waals surface area contributed by atoms with Crippen molar-refractivity contribution in [3.05, 3.63) is 35.4 Å². The first-order valence-electron chi connectivity index (χ1n) is 5.72. The van der Waals surface area contributed by atoms with Crippen molar-refractivity contribution in [2.24, 2.45) is 5.73 Å². The molecule has 1 unspecified atom stereocenters. The van der Waals surface area contributed by atoms with E-state index in [1.54, 1.807) is 0 Å². The highest BCUT2D eigenvalue weighted by atomic mass is 32.2. The molecule has 5 heteroatoms. The van der Waals surface area contributed by atoms with Gasteiger partial charge in [0.2, 0.25) is 0 Å². The molecule has 2 N–H and O–H groups in total. The van der Waals surface area contributed by atoms with Gasteiger partial charge in [0.1, 0.15) is 0 Å². The summed E-state index contributed by atoms with van der Waals surface area (Å²) in [5, 5.41) is 0. The van der Waals surface area contributed by atoms with Crippen LogP contribution in [-0.2, 0) is 21.0 Å². The van der Waals surface area contributed by atoms with Crippen LogP contribution in [0.15, 0.2) is 24.3 Å². The molecule has 0 fully saturated rings. The van der Waals surface area contributed by atoms with Crippen molar-refractivity contribution in [1.29, 1.82) is 0 Å². The molecule has 1 aromatic carbocycles. The Hall–Kier alpha value is -0.910. The number of hydrogen-bond donors (Lipinski definition) is 1. The first kappa shape index (κ1) is 12.5. The Morgan fingerprint density at radius 2 is 2.12 bits per heavy atom. The molecule has 17 heavy (non-hydrogen) atoms. The number of benzene rings is 1. The Kier molecular flexibility index (Phi) is 3.81. The Balaban J connectivity index is 2.19. The maximum absolute atomic E-state index is 11.7. The Morgan fingerprint density at radius 3 is 2.88 bits per heavy atom. The van der Waals surface area contributed by atoms with Crippen LogP contribution in [0.3, 0.4) is 0 Å². The van der Waals surface area contributed by atoms with E-state index >= 15 is 0 Å². The van der Waals surface area contributed by atoms with Crippen LogP contribution in [0.25, 0.3) is 0 Å². The van der Waals surface area contributed by atoms with Crippen molar-refractivity contribution < 1.29 is 13.2 Å². The van der Waals surface area contributed by atoms with Gasteiger partial charge in [-0.15, -0.1) is 0 Å². The lowest BCUT2D eigenvalue weighted by Gasteiger charge is -2.25. The molecule has 0 radical (unpaired) electrons. The van der Waals surface area contributed by atoms with E-state index in [1.165, 1.54) is 5.56 Å². The van der Waals surface area contributed by atoms with Gasteiger partial charge in [-0.3, -0.25) is 0 Å². The minimum atomic E-state index is -3.12. The summed E-state index contributed by atoms with van der Waals surface area (Å²) in [6, 6.07) is 7.85. The van der Waals surface area contributed by atoms with Crippen LogP contribution in [0.5, 0.6) is 0 Å². The van der Waals surface area contributed by atoms with Gasteiger partial charge in [0, 0.05) is 6.54 Å². The smallest absolute Gasteiger partial charge is 0.154 e. The quantitative estimate of drug-likeness (QED) is 0.858. The highest BCUT2D eigenvalue weighted by molar-refractivity contribution is 7.91. The topological polar surface area (TPSA) is 69.4 Å². The number of ether oxygens (including phenoxy) is 1. The van der Waals surface area contributed by atoms with Crippen LogP contribution >= 0.6 is 0 Å². The molecule has 0 amide bonds. The van der Waals surface area contributed by atoms with Crippen LogP contribution < -0.4 is 5.73 Å². The molecule has 94 valence electrons. The third-order valence-electron chi connectivity index (χ3n) is 2.93. The van der Waals surface area contributed by atoms with Gasteiger partial charge in [0.15, 0.2) is 9.84 Å². The Bertz CT molecular complexity index is 484. The molecule has 1 aromatic rings. The van der Waals surface area contributed by atoms with Crippen molar-refractivity contribution >= 4 is 9.84 Å². The van der Waals surface area contributed by atoms with Gasteiger partial charge in [0.25, 0.3) is 0 Å². The lowest BCUT2D eigenvalue weighted by molar-refractivity contribution is 0.0576. The Morgan fingerprint density at radius 1 is 1.35 bits per heavy atom. The number of rotatable bonds is 4. The molecule has 0 spiro atoms. The molecule has 1 aliphatic rings. The summed E-state index contributed by atoms with van der Waals surface area (Å²) in [5.41, 5.74) is 7.48. The van der Waals surface area contributed by atoms with Gasteiger partial charge in [0.05, 0.1) is 24.2 Å². The van der Waals surface area contributed by atoms with Crippen LogP contribution in [0.4, 0.5) is 0 Å². The SMILES string of the molecule is NCCS(=O)(=O)CC1OCCc2ccccc21. The van der Waals surface area contributed by atoms with Crippen molar-refractivity contribution in [3.63, 3.8) is 0 Å². The third kappa shape index (κ3) is 3.06. The van der Waals surface area contributed by atoms with E-state index < -0.39 is 9.84 Å². The molecule has 0 bridgehead atoms. The summed E-state index contributed by atoms with van der Waals surface area (Å²) < 4.78 is 29.1. The zero-order valence-corrected chi connectivity index (χ0v) is 10.4. The number of nitrogens with two attached hydrogens (primary N) is 1. The molecule has 1 heterocycles. The number of fused-ring (bicyclic) bond motifs is 1. The predicted octanol–water partition coefficient (Wildman–Crippen LogP) is 0.674. The van der Waals surface area contributed by atoms with Crippen molar-refractivity contribution in [2.75, 3.05) is 24.7 Å². The van der Waals surface area contributed by atoms with E-state index in [1.807, 2.05) is 24.3 Å². The van der Waals surface area contributed by atoms with Crippen molar-refractivity contribution in [3.8, 4) is 0 Å². The highest BCUT2D eigenvalue weighted by Crippen LogP contribution is 2.28. The summed E-state index contributed by atoms with van der Waals surface area (Å²) in [5.74, 6) is 0.0518. The minimum Gasteiger partial charge on any atom is -0.372 e. The molecular weight excluding hydrogens is 238 g/mol. The fraction of sp³-hybridized carbons (Fsp3) is 0.500.